The van der Waals surface area contributed by atoms with E-state index in [1.54, 1.807) is 14.2 Å². The van der Waals surface area contributed by atoms with E-state index in [-0.39, 0.29) is 11.8 Å². The number of aromatic nitrogens is 1. The normalized spacial score (nSPS) is 17.2. The zero-order valence-corrected chi connectivity index (χ0v) is 16.2. The molecule has 1 N–H and O–H groups in total. The monoisotopic (exact) mass is 371 g/mol. The van der Waals surface area contributed by atoms with Crippen LogP contribution in [-0.4, -0.2) is 49.3 Å². The molecular formula is C21H29N3O3. The molecule has 0 spiro atoms. The molecule has 0 saturated carbocycles. The van der Waals surface area contributed by atoms with Crippen molar-refractivity contribution in [3.63, 3.8) is 0 Å². The lowest BCUT2D eigenvalue weighted by atomic mass is 10.0. The van der Waals surface area contributed by atoms with Crippen LogP contribution in [0.5, 0.6) is 5.75 Å². The Morgan fingerprint density at radius 1 is 1.19 bits per heavy atom. The van der Waals surface area contributed by atoms with Gasteiger partial charge in [-0.05, 0) is 24.1 Å². The van der Waals surface area contributed by atoms with Gasteiger partial charge in [0.1, 0.15) is 5.75 Å². The van der Waals surface area contributed by atoms with Crippen LogP contribution in [-0.2, 0) is 29.2 Å². The number of methoxy groups -OCH3 is 2. The summed E-state index contributed by atoms with van der Waals surface area (Å²) < 4.78 is 12.8. The lowest BCUT2D eigenvalue weighted by Crippen LogP contribution is -2.33. The summed E-state index contributed by atoms with van der Waals surface area (Å²) in [6.45, 7) is 4.50. The standard InChI is InChI=1S/C21H29N3O3/c1-26-11-9-22-21(25)12-17-13-23(16-19-7-5-10-24(19)14-17)15-18-6-3-4-8-20(18)27-2/h3-8,10,17H,9,11-16H2,1-2H3,(H,22,25)/t17-/m1/s1. The van der Waals surface area contributed by atoms with Crippen LogP contribution in [0.1, 0.15) is 17.7 Å². The third kappa shape index (κ3) is 5.34. The van der Waals surface area contributed by atoms with Crippen molar-refractivity contribution in [2.75, 3.05) is 33.9 Å². The highest BCUT2D eigenvalue weighted by atomic mass is 16.5. The Morgan fingerprint density at radius 2 is 2.04 bits per heavy atom. The van der Waals surface area contributed by atoms with Crippen molar-refractivity contribution >= 4 is 5.91 Å². The molecule has 2 heterocycles. The third-order valence-corrected chi connectivity index (χ3v) is 4.97. The fraction of sp³-hybridized carbons (Fsp3) is 0.476. The zero-order chi connectivity index (χ0) is 19.1. The lowest BCUT2D eigenvalue weighted by molar-refractivity contribution is -0.122. The SMILES string of the molecule is COCCNC(=O)C[C@@H]1CN(Cc2ccccc2OC)Cc2cccn2C1. The van der Waals surface area contributed by atoms with Gasteiger partial charge in [0.05, 0.1) is 13.7 Å². The molecule has 1 aliphatic rings. The van der Waals surface area contributed by atoms with Crippen LogP contribution < -0.4 is 10.1 Å². The van der Waals surface area contributed by atoms with Gasteiger partial charge in [-0.2, -0.15) is 0 Å². The minimum absolute atomic E-state index is 0.0879. The number of nitrogens with one attached hydrogen (secondary N) is 1. The quantitative estimate of drug-likeness (QED) is 0.724. The van der Waals surface area contributed by atoms with Crippen molar-refractivity contribution in [3.05, 3.63) is 53.9 Å². The predicted molar refractivity (Wildman–Crippen MR) is 105 cm³/mol. The van der Waals surface area contributed by atoms with E-state index in [1.807, 2.05) is 18.2 Å². The van der Waals surface area contributed by atoms with Gasteiger partial charge < -0.3 is 19.4 Å². The molecule has 1 aromatic heterocycles. The number of benzene rings is 1. The van der Waals surface area contributed by atoms with E-state index in [0.29, 0.717) is 19.6 Å². The first kappa shape index (κ1) is 19.5. The van der Waals surface area contributed by atoms with Crippen molar-refractivity contribution in [3.8, 4) is 5.75 Å². The summed E-state index contributed by atoms with van der Waals surface area (Å²) >= 11 is 0. The highest BCUT2D eigenvalue weighted by Gasteiger charge is 2.24. The molecule has 146 valence electrons. The average Bonchev–Trinajstić information content (AvgIpc) is 3.02. The minimum Gasteiger partial charge on any atom is -0.496 e. The van der Waals surface area contributed by atoms with E-state index in [4.69, 9.17) is 9.47 Å². The molecule has 0 radical (unpaired) electrons. The Labute approximate surface area is 161 Å². The van der Waals surface area contributed by atoms with Crippen molar-refractivity contribution in [1.82, 2.24) is 14.8 Å². The average molecular weight is 371 g/mol. The van der Waals surface area contributed by atoms with Crippen molar-refractivity contribution in [2.45, 2.75) is 26.1 Å². The van der Waals surface area contributed by atoms with Crippen molar-refractivity contribution in [1.29, 1.82) is 0 Å². The van der Waals surface area contributed by atoms with E-state index >= 15 is 0 Å². The maximum absolute atomic E-state index is 12.3. The minimum atomic E-state index is 0.0879. The zero-order valence-electron chi connectivity index (χ0n) is 16.2. The van der Waals surface area contributed by atoms with Crippen molar-refractivity contribution < 1.29 is 14.3 Å². The van der Waals surface area contributed by atoms with Gasteiger partial charge in [-0.25, -0.2) is 0 Å². The molecular weight excluding hydrogens is 342 g/mol. The molecule has 2 aromatic rings. The summed E-state index contributed by atoms with van der Waals surface area (Å²) in [5.41, 5.74) is 2.45. The molecule has 27 heavy (non-hydrogen) atoms. The van der Waals surface area contributed by atoms with Crippen LogP contribution in [0.3, 0.4) is 0 Å². The highest BCUT2D eigenvalue weighted by Crippen LogP contribution is 2.24. The Bertz CT molecular complexity index is 744. The number of carbonyl (C=O) groups is 1. The first-order valence-electron chi connectivity index (χ1n) is 9.43. The molecule has 0 bridgehead atoms. The second-order valence-electron chi connectivity index (χ2n) is 7.05. The Kier molecular flexibility index (Phi) is 6.90. The first-order valence-corrected chi connectivity index (χ1v) is 9.43. The summed E-state index contributed by atoms with van der Waals surface area (Å²) in [6.07, 6.45) is 2.63. The third-order valence-electron chi connectivity index (χ3n) is 4.97. The van der Waals surface area contributed by atoms with E-state index in [0.717, 1.165) is 31.9 Å². The number of carbonyl (C=O) groups excluding carboxylic acids is 1. The molecule has 1 amide bonds. The summed E-state index contributed by atoms with van der Waals surface area (Å²) in [4.78, 5) is 14.7. The summed E-state index contributed by atoms with van der Waals surface area (Å²) in [5, 5.41) is 2.94. The fourth-order valence-corrected chi connectivity index (χ4v) is 3.72. The summed E-state index contributed by atoms with van der Waals surface area (Å²) in [7, 11) is 3.35. The van der Waals surface area contributed by atoms with Gasteiger partial charge in [0, 0.05) is 63.7 Å². The second kappa shape index (κ2) is 9.58. The molecule has 1 atom stereocenters. The van der Waals surface area contributed by atoms with Crippen LogP contribution >= 0.6 is 0 Å². The van der Waals surface area contributed by atoms with E-state index in [9.17, 15) is 4.79 Å². The van der Waals surface area contributed by atoms with Crippen molar-refractivity contribution in [2.24, 2.45) is 5.92 Å². The highest BCUT2D eigenvalue weighted by molar-refractivity contribution is 5.76. The van der Waals surface area contributed by atoms with Crippen LogP contribution in [0.15, 0.2) is 42.6 Å². The Balaban J connectivity index is 1.70. The van der Waals surface area contributed by atoms with Crippen LogP contribution in [0.2, 0.25) is 0 Å². The van der Waals surface area contributed by atoms with Gasteiger partial charge in [-0.1, -0.05) is 18.2 Å². The molecule has 6 heteroatoms. The smallest absolute Gasteiger partial charge is 0.220 e. The number of amides is 1. The Hall–Kier alpha value is -2.31. The number of hydrogen-bond acceptors (Lipinski definition) is 4. The van der Waals surface area contributed by atoms with Gasteiger partial charge in [0.15, 0.2) is 0 Å². The second-order valence-corrected chi connectivity index (χ2v) is 7.05. The topological polar surface area (TPSA) is 55.7 Å². The number of ether oxygens (including phenoxy) is 2. The number of rotatable bonds is 8. The van der Waals surface area contributed by atoms with Gasteiger partial charge in [-0.15, -0.1) is 0 Å². The van der Waals surface area contributed by atoms with Gasteiger partial charge >= 0.3 is 0 Å². The van der Waals surface area contributed by atoms with Gasteiger partial charge in [0.25, 0.3) is 0 Å². The van der Waals surface area contributed by atoms with E-state index in [2.05, 4.69) is 39.2 Å². The van der Waals surface area contributed by atoms with Crippen LogP contribution in [0.25, 0.3) is 0 Å². The predicted octanol–water partition coefficient (Wildman–Crippen LogP) is 2.28. The first-order chi connectivity index (χ1) is 13.2. The van der Waals surface area contributed by atoms with E-state index < -0.39 is 0 Å². The fourth-order valence-electron chi connectivity index (χ4n) is 3.72. The largest absolute Gasteiger partial charge is 0.496 e. The van der Waals surface area contributed by atoms with E-state index in [1.165, 1.54) is 11.3 Å². The molecule has 1 aromatic carbocycles. The molecule has 0 fully saturated rings. The summed E-state index contributed by atoms with van der Waals surface area (Å²) in [5.74, 6) is 1.26. The molecule has 6 nitrogen and oxygen atoms in total. The molecule has 0 aliphatic carbocycles. The maximum Gasteiger partial charge on any atom is 0.220 e. The molecule has 1 aliphatic heterocycles. The molecule has 0 unspecified atom stereocenters. The number of fused-ring (bicyclic) bond motifs is 1. The Morgan fingerprint density at radius 3 is 2.85 bits per heavy atom. The number of nitrogens with zero attached hydrogens (tertiary/aromatic N) is 2. The van der Waals surface area contributed by atoms with Gasteiger partial charge in [0.2, 0.25) is 5.91 Å². The molecule has 3 rings (SSSR count). The lowest BCUT2D eigenvalue weighted by Gasteiger charge is -2.24. The number of para-hydroxylation sites is 1. The van der Waals surface area contributed by atoms with Crippen LogP contribution in [0.4, 0.5) is 0 Å². The number of hydrogen-bond donors (Lipinski definition) is 1. The summed E-state index contributed by atoms with van der Waals surface area (Å²) in [6, 6.07) is 12.4. The van der Waals surface area contributed by atoms with Crippen LogP contribution in [0, 0.1) is 5.92 Å². The maximum atomic E-state index is 12.3. The van der Waals surface area contributed by atoms with Gasteiger partial charge in [-0.3, -0.25) is 9.69 Å². The molecule has 0 saturated heterocycles.